The van der Waals surface area contributed by atoms with Gasteiger partial charge in [-0.05, 0) is 75.3 Å². The topological polar surface area (TPSA) is 52.6 Å². The van der Waals surface area contributed by atoms with Crippen LogP contribution in [-0.4, -0.2) is 24.0 Å². The second-order valence-electron chi connectivity index (χ2n) is 7.66. The van der Waals surface area contributed by atoms with E-state index in [9.17, 15) is 9.59 Å². The van der Waals surface area contributed by atoms with Crippen LogP contribution in [0.2, 0.25) is 0 Å². The molecule has 0 heterocycles. The number of carbonyl (C=O) groups excluding carboxylic acids is 2. The summed E-state index contributed by atoms with van der Waals surface area (Å²) in [6, 6.07) is 13.9. The standard InChI is InChI=1S/C24H28O4/c1-4-27-23(26)24(2,3)28-22-16-15-19-18(11-8-12-21(19)25)20(22)14-13-17-9-6-5-7-10-17/h5-7,9-10,15-16H,4,8,11-14H2,1-3H3. The van der Waals surface area contributed by atoms with Crippen molar-refractivity contribution >= 4 is 11.8 Å². The number of fused-ring (bicyclic) bond motifs is 1. The van der Waals surface area contributed by atoms with Gasteiger partial charge in [0.05, 0.1) is 6.61 Å². The quantitative estimate of drug-likeness (QED) is 0.653. The van der Waals surface area contributed by atoms with Gasteiger partial charge in [0.1, 0.15) is 5.75 Å². The smallest absolute Gasteiger partial charge is 0.349 e. The Balaban J connectivity index is 1.94. The monoisotopic (exact) mass is 380 g/mol. The van der Waals surface area contributed by atoms with Crippen molar-refractivity contribution in [3.63, 3.8) is 0 Å². The van der Waals surface area contributed by atoms with E-state index in [1.54, 1.807) is 20.8 Å². The lowest BCUT2D eigenvalue weighted by atomic mass is 9.85. The molecule has 0 aromatic heterocycles. The second kappa shape index (κ2) is 8.59. The van der Waals surface area contributed by atoms with E-state index >= 15 is 0 Å². The molecule has 1 aliphatic carbocycles. The van der Waals surface area contributed by atoms with E-state index in [0.29, 0.717) is 18.8 Å². The van der Waals surface area contributed by atoms with Gasteiger partial charge < -0.3 is 9.47 Å². The zero-order chi connectivity index (χ0) is 20.1. The van der Waals surface area contributed by atoms with Gasteiger partial charge in [-0.15, -0.1) is 0 Å². The van der Waals surface area contributed by atoms with Crippen LogP contribution in [0.25, 0.3) is 0 Å². The zero-order valence-electron chi connectivity index (χ0n) is 16.9. The van der Waals surface area contributed by atoms with Crippen LogP contribution in [0.15, 0.2) is 42.5 Å². The van der Waals surface area contributed by atoms with Gasteiger partial charge in [0.15, 0.2) is 11.4 Å². The Morgan fingerprint density at radius 1 is 1.04 bits per heavy atom. The Bertz CT molecular complexity index is 852. The highest BCUT2D eigenvalue weighted by molar-refractivity contribution is 5.99. The Kier molecular flexibility index (Phi) is 6.18. The van der Waals surface area contributed by atoms with Crippen LogP contribution in [0.4, 0.5) is 0 Å². The maximum Gasteiger partial charge on any atom is 0.349 e. The Morgan fingerprint density at radius 2 is 1.79 bits per heavy atom. The molecule has 0 N–H and O–H groups in total. The normalized spacial score (nSPS) is 13.8. The molecule has 0 bridgehead atoms. The van der Waals surface area contributed by atoms with Crippen molar-refractivity contribution in [2.45, 2.75) is 58.5 Å². The Labute approximate surface area is 166 Å². The molecule has 28 heavy (non-hydrogen) atoms. The lowest BCUT2D eigenvalue weighted by Crippen LogP contribution is -2.40. The van der Waals surface area contributed by atoms with Crippen LogP contribution in [0.1, 0.15) is 60.7 Å². The van der Waals surface area contributed by atoms with Crippen molar-refractivity contribution < 1.29 is 19.1 Å². The zero-order valence-corrected chi connectivity index (χ0v) is 16.9. The predicted molar refractivity (Wildman–Crippen MR) is 109 cm³/mol. The molecule has 3 rings (SSSR count). The first-order valence-corrected chi connectivity index (χ1v) is 10.0. The van der Waals surface area contributed by atoms with Gasteiger partial charge in [-0.25, -0.2) is 4.79 Å². The number of hydrogen-bond acceptors (Lipinski definition) is 4. The molecule has 4 nitrogen and oxygen atoms in total. The minimum atomic E-state index is -1.09. The molecule has 0 saturated carbocycles. The van der Waals surface area contributed by atoms with Crippen molar-refractivity contribution in [3.05, 3.63) is 64.7 Å². The molecule has 2 aromatic rings. The first kappa shape index (κ1) is 20.1. The van der Waals surface area contributed by atoms with Gasteiger partial charge in [-0.1, -0.05) is 30.3 Å². The summed E-state index contributed by atoms with van der Waals surface area (Å²) in [7, 11) is 0. The Hall–Kier alpha value is -2.62. The summed E-state index contributed by atoms with van der Waals surface area (Å²) >= 11 is 0. The fourth-order valence-corrected chi connectivity index (χ4v) is 3.68. The first-order chi connectivity index (χ1) is 13.4. The fourth-order valence-electron chi connectivity index (χ4n) is 3.68. The molecule has 0 atom stereocenters. The van der Waals surface area contributed by atoms with Gasteiger partial charge >= 0.3 is 5.97 Å². The third-order valence-corrected chi connectivity index (χ3v) is 5.16. The van der Waals surface area contributed by atoms with E-state index in [1.165, 1.54) is 5.56 Å². The van der Waals surface area contributed by atoms with Crippen molar-refractivity contribution in [1.29, 1.82) is 0 Å². The van der Waals surface area contributed by atoms with E-state index in [1.807, 2.05) is 30.3 Å². The number of benzene rings is 2. The van der Waals surface area contributed by atoms with Crippen LogP contribution in [0.3, 0.4) is 0 Å². The van der Waals surface area contributed by atoms with Crippen molar-refractivity contribution in [1.82, 2.24) is 0 Å². The average molecular weight is 380 g/mol. The molecule has 148 valence electrons. The molecule has 1 aliphatic rings. The minimum Gasteiger partial charge on any atom is -0.476 e. The van der Waals surface area contributed by atoms with Crippen LogP contribution in [0, 0.1) is 0 Å². The number of aryl methyl sites for hydroxylation is 1. The van der Waals surface area contributed by atoms with Gasteiger partial charge in [-0.3, -0.25) is 4.79 Å². The van der Waals surface area contributed by atoms with Gasteiger partial charge in [-0.2, -0.15) is 0 Å². The largest absolute Gasteiger partial charge is 0.476 e. The van der Waals surface area contributed by atoms with E-state index in [4.69, 9.17) is 9.47 Å². The third-order valence-electron chi connectivity index (χ3n) is 5.16. The predicted octanol–water partition coefficient (Wildman–Crippen LogP) is 4.71. The molecule has 0 unspecified atom stereocenters. The van der Waals surface area contributed by atoms with E-state index in [0.717, 1.165) is 42.4 Å². The summed E-state index contributed by atoms with van der Waals surface area (Å²) in [5.41, 5.74) is 3.05. The number of carbonyl (C=O) groups is 2. The minimum absolute atomic E-state index is 0.193. The molecular weight excluding hydrogens is 352 g/mol. The molecule has 4 heteroatoms. The third kappa shape index (κ3) is 4.44. The molecule has 2 aromatic carbocycles. The first-order valence-electron chi connectivity index (χ1n) is 10.0. The van der Waals surface area contributed by atoms with Crippen LogP contribution >= 0.6 is 0 Å². The number of esters is 1. The summed E-state index contributed by atoms with van der Waals surface area (Å²) in [5, 5.41) is 0. The van der Waals surface area contributed by atoms with Gasteiger partial charge in [0.2, 0.25) is 0 Å². The van der Waals surface area contributed by atoms with Crippen LogP contribution in [-0.2, 0) is 28.8 Å². The summed E-state index contributed by atoms with van der Waals surface area (Å²) in [6.45, 7) is 5.53. The van der Waals surface area contributed by atoms with Crippen molar-refractivity contribution in [2.75, 3.05) is 6.61 Å². The summed E-state index contributed by atoms with van der Waals surface area (Å²) < 4.78 is 11.3. The highest BCUT2D eigenvalue weighted by atomic mass is 16.6. The molecule has 0 radical (unpaired) electrons. The molecule has 0 saturated heterocycles. The average Bonchev–Trinajstić information content (AvgIpc) is 2.68. The molecule has 0 spiro atoms. The summed E-state index contributed by atoms with van der Waals surface area (Å²) in [4.78, 5) is 24.7. The lowest BCUT2D eigenvalue weighted by Gasteiger charge is -2.28. The number of rotatable bonds is 7. The summed E-state index contributed by atoms with van der Waals surface area (Å²) in [5.74, 6) is 0.471. The van der Waals surface area contributed by atoms with Crippen LogP contribution in [0.5, 0.6) is 5.75 Å². The number of hydrogen-bond donors (Lipinski definition) is 0. The lowest BCUT2D eigenvalue weighted by molar-refractivity contribution is -0.158. The van der Waals surface area contributed by atoms with E-state index in [-0.39, 0.29) is 5.78 Å². The molecule has 0 aliphatic heterocycles. The van der Waals surface area contributed by atoms with Crippen molar-refractivity contribution in [3.8, 4) is 5.75 Å². The molecule has 0 amide bonds. The van der Waals surface area contributed by atoms with Gasteiger partial charge in [0.25, 0.3) is 0 Å². The summed E-state index contributed by atoms with van der Waals surface area (Å²) in [6.07, 6.45) is 3.92. The highest BCUT2D eigenvalue weighted by Gasteiger charge is 2.33. The second-order valence-corrected chi connectivity index (χ2v) is 7.66. The molecular formula is C24H28O4. The maximum absolute atomic E-state index is 12.4. The van der Waals surface area contributed by atoms with E-state index in [2.05, 4.69) is 12.1 Å². The van der Waals surface area contributed by atoms with Crippen LogP contribution < -0.4 is 4.74 Å². The fraction of sp³-hybridized carbons (Fsp3) is 0.417. The number of ether oxygens (including phenoxy) is 2. The van der Waals surface area contributed by atoms with Crippen molar-refractivity contribution in [2.24, 2.45) is 0 Å². The SMILES string of the molecule is CCOC(=O)C(C)(C)Oc1ccc2c(c1CCc1ccccc1)CCCC2=O. The maximum atomic E-state index is 12.4. The number of Topliss-reactive ketones (excluding diaryl/α,β-unsaturated/α-hetero) is 1. The Morgan fingerprint density at radius 3 is 2.50 bits per heavy atom. The van der Waals surface area contributed by atoms with Gasteiger partial charge in [0, 0.05) is 12.0 Å². The highest BCUT2D eigenvalue weighted by Crippen LogP contribution is 2.34. The molecule has 0 fully saturated rings. The number of ketones is 1. The van der Waals surface area contributed by atoms with E-state index < -0.39 is 11.6 Å².